The number of carbonyl (C=O) groups is 2. The fourth-order valence-electron chi connectivity index (χ4n) is 9.66. The summed E-state index contributed by atoms with van der Waals surface area (Å²) in [6.45, 7) is 4.86. The molecule has 0 aliphatic rings. The highest BCUT2D eigenvalue weighted by atomic mass is 16.5. The van der Waals surface area contributed by atoms with E-state index in [1.54, 1.807) is 6.08 Å². The van der Waals surface area contributed by atoms with Crippen LogP contribution in [-0.4, -0.2) is 47.4 Å². The summed E-state index contributed by atoms with van der Waals surface area (Å²) in [6, 6.07) is -0.625. The number of hydrogen-bond donors (Lipinski definition) is 3. The number of hydrogen-bond acceptors (Lipinski definition) is 5. The zero-order chi connectivity index (χ0) is 52.2. The summed E-state index contributed by atoms with van der Waals surface area (Å²) in [4.78, 5) is 24.5. The third-order valence-corrected chi connectivity index (χ3v) is 14.6. The SMILES string of the molecule is CCCCCC/C=C\C/C=C\CCCCCCCC(=O)OCCCCCCCCCCCCCC/C=C\CCCCCCCCCCCCCCCCC(=O)NC(CO)C(O)/C=C/CCCCCCCCC. The van der Waals surface area contributed by atoms with E-state index in [2.05, 4.69) is 55.6 Å². The minimum absolute atomic E-state index is 0.00292. The van der Waals surface area contributed by atoms with Crippen molar-refractivity contribution in [1.29, 1.82) is 0 Å². The number of aliphatic hydroxyl groups excluding tert-OH is 2. The molecule has 0 saturated heterocycles. The van der Waals surface area contributed by atoms with Gasteiger partial charge in [0.15, 0.2) is 0 Å². The Bertz CT molecular complexity index is 1210. The van der Waals surface area contributed by atoms with Crippen molar-refractivity contribution in [3.8, 4) is 0 Å². The first-order chi connectivity index (χ1) is 35.5. The van der Waals surface area contributed by atoms with Gasteiger partial charge in [-0.15, -0.1) is 0 Å². The van der Waals surface area contributed by atoms with Crippen LogP contribution in [0.5, 0.6) is 0 Å². The molecule has 0 heterocycles. The standard InChI is InChI=1S/C66H123NO5/c1-3-5-7-9-11-13-14-15-16-34-37-40-44-48-52-56-60-66(71)72-61-57-53-49-45-41-38-35-32-30-28-26-24-22-20-18-17-19-21-23-25-27-29-31-33-36-39-43-47-51-55-59-65(70)67-63(62-68)64(69)58-54-50-46-42-12-10-8-6-4-2/h13-14,16,18,20,34,54,58,63-64,68-69H,3-12,15,17,19,21-33,35-53,55-57,59-62H2,1-2H3,(H,67,70)/b14-13-,20-18-,34-16-,58-54+. The molecule has 72 heavy (non-hydrogen) atoms. The molecule has 2 unspecified atom stereocenters. The highest BCUT2D eigenvalue weighted by Crippen LogP contribution is 2.17. The molecule has 0 aromatic heterocycles. The number of aliphatic hydroxyl groups is 2. The predicted molar refractivity (Wildman–Crippen MR) is 315 cm³/mol. The second-order valence-corrected chi connectivity index (χ2v) is 21.7. The van der Waals surface area contributed by atoms with Gasteiger partial charge in [0.2, 0.25) is 5.91 Å². The second-order valence-electron chi connectivity index (χ2n) is 21.7. The van der Waals surface area contributed by atoms with Gasteiger partial charge >= 0.3 is 5.97 Å². The first-order valence-corrected chi connectivity index (χ1v) is 31.9. The van der Waals surface area contributed by atoms with Crippen molar-refractivity contribution in [2.24, 2.45) is 0 Å². The predicted octanol–water partition coefficient (Wildman–Crippen LogP) is 20.1. The van der Waals surface area contributed by atoms with Crippen LogP contribution in [0.4, 0.5) is 0 Å². The number of amides is 1. The number of carbonyl (C=O) groups excluding carboxylic acids is 2. The molecule has 6 nitrogen and oxygen atoms in total. The Morgan fingerprint density at radius 2 is 0.694 bits per heavy atom. The van der Waals surface area contributed by atoms with E-state index in [4.69, 9.17) is 4.74 Å². The Kier molecular flexibility index (Phi) is 59.5. The summed E-state index contributed by atoms with van der Waals surface area (Å²) >= 11 is 0. The van der Waals surface area contributed by atoms with E-state index in [1.165, 1.54) is 257 Å². The van der Waals surface area contributed by atoms with E-state index in [0.717, 1.165) is 51.4 Å². The summed E-state index contributed by atoms with van der Waals surface area (Å²) in [5.41, 5.74) is 0. The molecule has 0 aromatic rings. The van der Waals surface area contributed by atoms with Gasteiger partial charge in [0.1, 0.15) is 0 Å². The fraction of sp³-hybridized carbons (Fsp3) is 0.848. The van der Waals surface area contributed by atoms with Gasteiger partial charge in [-0.1, -0.05) is 281 Å². The molecule has 0 aliphatic carbocycles. The number of rotatable bonds is 59. The number of unbranched alkanes of at least 4 members (excludes halogenated alkanes) is 42. The van der Waals surface area contributed by atoms with Crippen molar-refractivity contribution in [2.75, 3.05) is 13.2 Å². The lowest BCUT2D eigenvalue weighted by Gasteiger charge is -2.20. The normalized spacial score (nSPS) is 12.9. The first kappa shape index (κ1) is 69.8. The zero-order valence-corrected chi connectivity index (χ0v) is 48.2. The molecular weight excluding hydrogens is 887 g/mol. The molecule has 3 N–H and O–H groups in total. The third kappa shape index (κ3) is 57.1. The smallest absolute Gasteiger partial charge is 0.305 e. The average molecular weight is 1010 g/mol. The monoisotopic (exact) mass is 1010 g/mol. The Morgan fingerprint density at radius 3 is 1.08 bits per heavy atom. The number of esters is 1. The van der Waals surface area contributed by atoms with Crippen LogP contribution in [0.2, 0.25) is 0 Å². The van der Waals surface area contributed by atoms with Crippen LogP contribution in [0.25, 0.3) is 0 Å². The van der Waals surface area contributed by atoms with Gasteiger partial charge in [0, 0.05) is 12.8 Å². The van der Waals surface area contributed by atoms with Gasteiger partial charge in [0.25, 0.3) is 0 Å². The van der Waals surface area contributed by atoms with Crippen molar-refractivity contribution < 1.29 is 24.5 Å². The van der Waals surface area contributed by atoms with Gasteiger partial charge in [-0.2, -0.15) is 0 Å². The molecule has 0 rings (SSSR count). The van der Waals surface area contributed by atoms with Crippen molar-refractivity contribution in [3.05, 3.63) is 48.6 Å². The molecule has 0 radical (unpaired) electrons. The zero-order valence-electron chi connectivity index (χ0n) is 48.2. The maximum atomic E-state index is 12.4. The average Bonchev–Trinajstić information content (AvgIpc) is 3.38. The van der Waals surface area contributed by atoms with Gasteiger partial charge in [-0.3, -0.25) is 9.59 Å². The van der Waals surface area contributed by atoms with Gasteiger partial charge in [-0.05, 0) is 89.9 Å². The van der Waals surface area contributed by atoms with Crippen molar-refractivity contribution in [3.63, 3.8) is 0 Å². The van der Waals surface area contributed by atoms with Crippen molar-refractivity contribution in [1.82, 2.24) is 5.32 Å². The Balaban J connectivity index is 3.36. The van der Waals surface area contributed by atoms with Crippen molar-refractivity contribution in [2.45, 2.75) is 347 Å². The molecule has 0 bridgehead atoms. The molecular formula is C66H123NO5. The quantitative estimate of drug-likeness (QED) is 0.0320. The van der Waals surface area contributed by atoms with E-state index in [9.17, 15) is 19.8 Å². The minimum atomic E-state index is -0.841. The molecule has 0 saturated carbocycles. The first-order valence-electron chi connectivity index (χ1n) is 31.9. The van der Waals surface area contributed by atoms with E-state index in [0.29, 0.717) is 19.4 Å². The van der Waals surface area contributed by atoms with Crippen LogP contribution in [-0.2, 0) is 14.3 Å². The van der Waals surface area contributed by atoms with Crippen LogP contribution < -0.4 is 5.32 Å². The molecule has 0 aromatic carbocycles. The Hall–Kier alpha value is -2.18. The lowest BCUT2D eigenvalue weighted by Crippen LogP contribution is -2.45. The van der Waals surface area contributed by atoms with Crippen LogP contribution in [0, 0.1) is 0 Å². The summed E-state index contributed by atoms with van der Waals surface area (Å²) in [6.07, 6.45) is 78.9. The van der Waals surface area contributed by atoms with Crippen LogP contribution in [0.1, 0.15) is 335 Å². The van der Waals surface area contributed by atoms with Crippen LogP contribution in [0.3, 0.4) is 0 Å². The second kappa shape index (κ2) is 61.4. The maximum absolute atomic E-state index is 12.4. The molecule has 422 valence electrons. The summed E-state index contributed by atoms with van der Waals surface area (Å²) in [5.74, 6) is -0.0661. The summed E-state index contributed by atoms with van der Waals surface area (Å²) < 4.78 is 5.48. The van der Waals surface area contributed by atoms with Gasteiger partial charge in [0.05, 0.1) is 25.4 Å². The van der Waals surface area contributed by atoms with Gasteiger partial charge in [-0.25, -0.2) is 0 Å². The fourth-order valence-corrected chi connectivity index (χ4v) is 9.66. The maximum Gasteiger partial charge on any atom is 0.305 e. The van der Waals surface area contributed by atoms with E-state index < -0.39 is 12.1 Å². The lowest BCUT2D eigenvalue weighted by molar-refractivity contribution is -0.143. The number of ether oxygens (including phenoxy) is 1. The summed E-state index contributed by atoms with van der Waals surface area (Å²) in [7, 11) is 0. The topological polar surface area (TPSA) is 95.9 Å². The van der Waals surface area contributed by atoms with Crippen LogP contribution in [0.15, 0.2) is 48.6 Å². The highest BCUT2D eigenvalue weighted by molar-refractivity contribution is 5.76. The van der Waals surface area contributed by atoms with E-state index >= 15 is 0 Å². The number of nitrogens with one attached hydrogen (secondary N) is 1. The molecule has 0 fully saturated rings. The Morgan fingerprint density at radius 1 is 0.389 bits per heavy atom. The van der Waals surface area contributed by atoms with Crippen molar-refractivity contribution >= 4 is 11.9 Å². The Labute approximate surface area is 448 Å². The minimum Gasteiger partial charge on any atom is -0.466 e. The van der Waals surface area contributed by atoms with Gasteiger partial charge < -0.3 is 20.3 Å². The molecule has 0 spiro atoms. The largest absolute Gasteiger partial charge is 0.466 e. The van der Waals surface area contributed by atoms with E-state index in [1.807, 2.05) is 6.08 Å². The number of allylic oxidation sites excluding steroid dienone is 7. The highest BCUT2D eigenvalue weighted by Gasteiger charge is 2.18. The molecule has 2 atom stereocenters. The molecule has 1 amide bonds. The molecule has 0 aliphatic heterocycles. The van der Waals surface area contributed by atoms with Crippen LogP contribution >= 0.6 is 0 Å². The molecule has 6 heteroatoms. The van der Waals surface area contributed by atoms with E-state index in [-0.39, 0.29) is 18.5 Å². The lowest BCUT2D eigenvalue weighted by atomic mass is 10.0. The summed E-state index contributed by atoms with van der Waals surface area (Å²) in [5, 5.41) is 23.0. The third-order valence-electron chi connectivity index (χ3n) is 14.6.